The fraction of sp³-hybridized carbons (Fsp3) is 0.500. The molecular formula is C24H29NO5. The van der Waals surface area contributed by atoms with Crippen LogP contribution in [0.1, 0.15) is 68.1 Å². The smallest absolute Gasteiger partial charge is 0.339 e. The van der Waals surface area contributed by atoms with Gasteiger partial charge in [-0.15, -0.1) is 0 Å². The number of hydrogen-bond donors (Lipinski definition) is 2. The molecule has 30 heavy (non-hydrogen) atoms. The van der Waals surface area contributed by atoms with Gasteiger partial charge in [0.2, 0.25) is 5.91 Å². The number of aryl methyl sites for hydroxylation is 1. The Morgan fingerprint density at radius 2 is 2.00 bits per heavy atom. The molecule has 1 saturated carbocycles. The summed E-state index contributed by atoms with van der Waals surface area (Å²) < 4.78 is 11.4. The van der Waals surface area contributed by atoms with Crippen LogP contribution in [0.15, 0.2) is 32.0 Å². The number of nitrogens with one attached hydrogen (secondary N) is 1. The predicted molar refractivity (Wildman–Crippen MR) is 116 cm³/mol. The highest BCUT2D eigenvalue weighted by Gasteiger charge is 2.22. The minimum Gasteiger partial charge on any atom is -0.464 e. The Hall–Kier alpha value is -2.60. The third kappa shape index (κ3) is 4.01. The van der Waals surface area contributed by atoms with E-state index >= 15 is 0 Å². The molecule has 3 aromatic rings. The van der Waals surface area contributed by atoms with Gasteiger partial charge < -0.3 is 19.3 Å². The van der Waals surface area contributed by atoms with Gasteiger partial charge in [0, 0.05) is 40.9 Å². The van der Waals surface area contributed by atoms with Crippen LogP contribution in [0.5, 0.6) is 0 Å². The topological polar surface area (TPSA) is 92.7 Å². The third-order valence-electron chi connectivity index (χ3n) is 6.41. The van der Waals surface area contributed by atoms with Crippen molar-refractivity contribution in [1.29, 1.82) is 0 Å². The highest BCUT2D eigenvalue weighted by atomic mass is 16.4. The van der Waals surface area contributed by atoms with E-state index < -0.39 is 11.7 Å². The second kappa shape index (κ2) is 8.64. The van der Waals surface area contributed by atoms with Gasteiger partial charge in [-0.1, -0.05) is 19.8 Å². The van der Waals surface area contributed by atoms with E-state index in [9.17, 15) is 14.7 Å². The monoisotopic (exact) mass is 411 g/mol. The van der Waals surface area contributed by atoms with Crippen LogP contribution in [0.2, 0.25) is 0 Å². The average molecular weight is 411 g/mol. The van der Waals surface area contributed by atoms with Crippen LogP contribution in [-0.4, -0.2) is 23.7 Å². The van der Waals surface area contributed by atoms with Crippen LogP contribution in [-0.2, 0) is 11.2 Å². The number of carbonyl (C=O) groups excluding carboxylic acids is 1. The van der Waals surface area contributed by atoms with Gasteiger partial charge in [0.15, 0.2) is 0 Å². The second-order valence-electron chi connectivity index (χ2n) is 8.38. The summed E-state index contributed by atoms with van der Waals surface area (Å²) in [7, 11) is 0. The second-order valence-corrected chi connectivity index (χ2v) is 8.38. The number of rotatable bonds is 7. The molecule has 0 bridgehead atoms. The molecular weight excluding hydrogens is 382 g/mol. The Morgan fingerprint density at radius 3 is 2.73 bits per heavy atom. The van der Waals surface area contributed by atoms with Gasteiger partial charge in [0.05, 0.1) is 12.4 Å². The quantitative estimate of drug-likeness (QED) is 0.565. The van der Waals surface area contributed by atoms with E-state index in [0.29, 0.717) is 29.9 Å². The van der Waals surface area contributed by atoms with Gasteiger partial charge in [-0.05, 0) is 50.2 Å². The normalized spacial score (nSPS) is 15.8. The molecule has 6 heteroatoms. The number of amides is 1. The van der Waals surface area contributed by atoms with E-state index in [1.54, 1.807) is 6.07 Å². The lowest BCUT2D eigenvalue weighted by Gasteiger charge is -2.11. The summed E-state index contributed by atoms with van der Waals surface area (Å²) in [5.41, 5.74) is 3.46. The molecule has 0 aliphatic heterocycles. The van der Waals surface area contributed by atoms with Crippen molar-refractivity contribution in [3.63, 3.8) is 0 Å². The number of benzene rings is 1. The van der Waals surface area contributed by atoms with E-state index in [2.05, 4.69) is 11.4 Å². The molecule has 160 valence electrons. The van der Waals surface area contributed by atoms with Crippen molar-refractivity contribution >= 4 is 27.8 Å². The summed E-state index contributed by atoms with van der Waals surface area (Å²) in [5, 5.41) is 14.3. The van der Waals surface area contributed by atoms with Crippen LogP contribution in [0.25, 0.3) is 21.9 Å². The maximum absolute atomic E-state index is 12.6. The fourth-order valence-electron chi connectivity index (χ4n) is 4.47. The molecule has 0 radical (unpaired) electrons. The third-order valence-corrected chi connectivity index (χ3v) is 6.41. The van der Waals surface area contributed by atoms with E-state index in [0.717, 1.165) is 21.9 Å². The van der Waals surface area contributed by atoms with Crippen molar-refractivity contribution in [3.05, 3.63) is 45.5 Å². The van der Waals surface area contributed by atoms with Crippen LogP contribution in [0.3, 0.4) is 0 Å². The first kappa shape index (κ1) is 20.7. The lowest BCUT2D eigenvalue weighted by atomic mass is 9.95. The maximum atomic E-state index is 12.6. The number of aliphatic hydroxyl groups is 1. The number of carbonyl (C=O) groups is 1. The zero-order valence-electron chi connectivity index (χ0n) is 17.6. The molecule has 1 aliphatic carbocycles. The first-order valence-electron chi connectivity index (χ1n) is 10.9. The van der Waals surface area contributed by atoms with Gasteiger partial charge in [-0.3, -0.25) is 4.79 Å². The molecule has 0 spiro atoms. The number of hydrogen-bond acceptors (Lipinski definition) is 5. The summed E-state index contributed by atoms with van der Waals surface area (Å²) in [6.07, 6.45) is 7.23. The van der Waals surface area contributed by atoms with Crippen LogP contribution in [0.4, 0.5) is 0 Å². The van der Waals surface area contributed by atoms with Crippen molar-refractivity contribution in [2.24, 2.45) is 0 Å². The highest BCUT2D eigenvalue weighted by molar-refractivity contribution is 5.96. The number of furan rings is 1. The Bertz CT molecular complexity index is 1120. The minimum absolute atomic E-state index is 0.175. The van der Waals surface area contributed by atoms with Crippen LogP contribution >= 0.6 is 0 Å². The van der Waals surface area contributed by atoms with E-state index in [-0.39, 0.29) is 18.9 Å². The SMILES string of the molecule is CCC(O)CNC(=O)CCc1c(C)c2cc3c(C4CCCC4)coc3cc2oc1=O. The summed E-state index contributed by atoms with van der Waals surface area (Å²) in [5.74, 6) is 0.344. The molecule has 1 aromatic carbocycles. The standard InChI is InChI=1S/C24H29NO5/c1-3-16(26)12-25-23(27)9-8-17-14(2)18-10-19-20(15-6-4-5-7-15)13-29-21(19)11-22(18)30-24(17)28/h10-11,13,15-16,26H,3-9,12H2,1-2H3,(H,25,27). The van der Waals surface area contributed by atoms with Gasteiger partial charge >= 0.3 is 5.63 Å². The van der Waals surface area contributed by atoms with Gasteiger partial charge in [-0.25, -0.2) is 4.79 Å². The zero-order valence-corrected chi connectivity index (χ0v) is 17.6. The summed E-state index contributed by atoms with van der Waals surface area (Å²) in [6, 6.07) is 3.88. The van der Waals surface area contributed by atoms with Crippen LogP contribution in [0, 0.1) is 6.92 Å². The van der Waals surface area contributed by atoms with Gasteiger partial charge in [-0.2, -0.15) is 0 Å². The van der Waals surface area contributed by atoms with Crippen molar-refractivity contribution < 1.29 is 18.7 Å². The molecule has 2 N–H and O–H groups in total. The van der Waals surface area contributed by atoms with Crippen LogP contribution < -0.4 is 10.9 Å². The van der Waals surface area contributed by atoms with Crippen molar-refractivity contribution in [2.45, 2.75) is 70.8 Å². The summed E-state index contributed by atoms with van der Waals surface area (Å²) in [6.45, 7) is 3.99. The lowest BCUT2D eigenvalue weighted by molar-refractivity contribution is -0.121. The Morgan fingerprint density at radius 1 is 1.23 bits per heavy atom. The molecule has 1 aliphatic rings. The lowest BCUT2D eigenvalue weighted by Crippen LogP contribution is -2.32. The molecule has 1 atom stereocenters. The Kier molecular flexibility index (Phi) is 5.95. The average Bonchev–Trinajstić information content (AvgIpc) is 3.39. The predicted octanol–water partition coefficient (Wildman–Crippen LogP) is 4.32. The van der Waals surface area contributed by atoms with Crippen molar-refractivity contribution in [2.75, 3.05) is 6.54 Å². The summed E-state index contributed by atoms with van der Waals surface area (Å²) in [4.78, 5) is 24.6. The Balaban J connectivity index is 1.62. The first-order valence-corrected chi connectivity index (χ1v) is 10.9. The molecule has 6 nitrogen and oxygen atoms in total. The fourth-order valence-corrected chi connectivity index (χ4v) is 4.47. The van der Waals surface area contributed by atoms with Crippen molar-refractivity contribution in [1.82, 2.24) is 5.32 Å². The van der Waals surface area contributed by atoms with E-state index in [1.807, 2.05) is 20.1 Å². The first-order chi connectivity index (χ1) is 14.5. The van der Waals surface area contributed by atoms with E-state index in [1.165, 1.54) is 31.2 Å². The molecule has 1 unspecified atom stereocenters. The number of fused-ring (bicyclic) bond motifs is 2. The highest BCUT2D eigenvalue weighted by Crippen LogP contribution is 2.40. The largest absolute Gasteiger partial charge is 0.464 e. The zero-order chi connectivity index (χ0) is 21.3. The molecule has 2 heterocycles. The maximum Gasteiger partial charge on any atom is 0.339 e. The van der Waals surface area contributed by atoms with Gasteiger partial charge in [0.25, 0.3) is 0 Å². The van der Waals surface area contributed by atoms with Crippen molar-refractivity contribution in [3.8, 4) is 0 Å². The molecule has 1 fully saturated rings. The molecule has 4 rings (SSSR count). The van der Waals surface area contributed by atoms with Gasteiger partial charge in [0.1, 0.15) is 11.2 Å². The Labute approximate surface area is 175 Å². The van der Waals surface area contributed by atoms with E-state index in [4.69, 9.17) is 8.83 Å². The minimum atomic E-state index is -0.548. The number of aliphatic hydroxyl groups excluding tert-OH is 1. The summed E-state index contributed by atoms with van der Waals surface area (Å²) >= 11 is 0. The molecule has 0 saturated heterocycles. The molecule has 2 aromatic heterocycles. The molecule has 1 amide bonds.